The van der Waals surface area contributed by atoms with Crippen LogP contribution in [0, 0.1) is 6.92 Å². The fourth-order valence-electron chi connectivity index (χ4n) is 3.04. The summed E-state index contributed by atoms with van der Waals surface area (Å²) in [5.41, 5.74) is 1.97. The lowest BCUT2D eigenvalue weighted by Crippen LogP contribution is -2.26. The number of rotatable bonds is 6. The fraction of sp³-hybridized carbons (Fsp3) is 0.474. The van der Waals surface area contributed by atoms with E-state index in [1.807, 2.05) is 41.9 Å². The van der Waals surface area contributed by atoms with E-state index in [0.717, 1.165) is 42.9 Å². The number of nitrogens with zero attached hydrogens (tertiary/aromatic N) is 2. The molecule has 1 aliphatic rings. The highest BCUT2D eigenvalue weighted by molar-refractivity contribution is 5.90. The molecule has 1 unspecified atom stereocenters. The molecule has 1 aromatic heterocycles. The maximum Gasteiger partial charge on any atom is 0.228 e. The number of hydrogen-bond acceptors (Lipinski definition) is 4. The van der Waals surface area contributed by atoms with Crippen molar-refractivity contribution in [1.29, 1.82) is 0 Å². The number of methoxy groups -OCH3 is 1. The lowest BCUT2D eigenvalue weighted by atomic mass is 10.1. The Labute approximate surface area is 148 Å². The summed E-state index contributed by atoms with van der Waals surface area (Å²) < 4.78 is 12.6. The van der Waals surface area contributed by atoms with Crippen LogP contribution in [-0.2, 0) is 16.1 Å². The first kappa shape index (κ1) is 17.5. The summed E-state index contributed by atoms with van der Waals surface area (Å²) in [4.78, 5) is 12.3. The molecule has 1 aromatic carbocycles. The Bertz CT molecular complexity index is 703. The topological polar surface area (TPSA) is 65.4 Å². The average molecular weight is 343 g/mol. The summed E-state index contributed by atoms with van der Waals surface area (Å²) in [7, 11) is 1.65. The summed E-state index contributed by atoms with van der Waals surface area (Å²) >= 11 is 0. The summed E-state index contributed by atoms with van der Waals surface area (Å²) in [6.45, 7) is 3.27. The zero-order chi connectivity index (χ0) is 17.6. The first-order valence-corrected chi connectivity index (χ1v) is 8.73. The number of hydrogen-bond donors (Lipinski definition) is 1. The van der Waals surface area contributed by atoms with Gasteiger partial charge in [0, 0.05) is 12.7 Å². The molecule has 1 N–H and O–H groups in total. The molecule has 25 heavy (non-hydrogen) atoms. The van der Waals surface area contributed by atoms with Crippen LogP contribution in [0.25, 0.3) is 0 Å². The van der Waals surface area contributed by atoms with Crippen LogP contribution in [0.3, 0.4) is 0 Å². The maximum absolute atomic E-state index is 12.3. The lowest BCUT2D eigenvalue weighted by Gasteiger charge is -2.22. The van der Waals surface area contributed by atoms with E-state index in [4.69, 9.17) is 9.47 Å². The number of carbonyl (C=O) groups is 1. The molecular formula is C19H25N3O3. The number of nitrogens with one attached hydrogen (secondary N) is 1. The number of benzene rings is 1. The van der Waals surface area contributed by atoms with Crippen molar-refractivity contribution in [3.05, 3.63) is 41.6 Å². The van der Waals surface area contributed by atoms with Crippen molar-refractivity contribution in [2.24, 2.45) is 0 Å². The summed E-state index contributed by atoms with van der Waals surface area (Å²) in [6, 6.07) is 9.73. The van der Waals surface area contributed by atoms with Gasteiger partial charge in [0.15, 0.2) is 0 Å². The standard InChI is InChI=1S/C19H25N3O3/c1-14-11-18(20-19(23)12-17-5-3-4-10-25-17)22(21-14)13-15-6-8-16(24-2)9-7-15/h6-9,11,17H,3-5,10,12-13H2,1-2H3,(H,20,23). The number of anilines is 1. The molecule has 2 aromatic rings. The molecule has 3 rings (SSSR count). The summed E-state index contributed by atoms with van der Waals surface area (Å²) in [5.74, 6) is 1.51. The van der Waals surface area contributed by atoms with E-state index in [-0.39, 0.29) is 12.0 Å². The highest BCUT2D eigenvalue weighted by Crippen LogP contribution is 2.19. The fourth-order valence-corrected chi connectivity index (χ4v) is 3.04. The van der Waals surface area contributed by atoms with Crippen LogP contribution in [0.1, 0.15) is 36.9 Å². The van der Waals surface area contributed by atoms with Crippen molar-refractivity contribution in [3.8, 4) is 5.75 Å². The van der Waals surface area contributed by atoms with Gasteiger partial charge in [-0.25, -0.2) is 4.68 Å². The van der Waals surface area contributed by atoms with Gasteiger partial charge >= 0.3 is 0 Å². The van der Waals surface area contributed by atoms with E-state index < -0.39 is 0 Å². The van der Waals surface area contributed by atoms with Gasteiger partial charge in [-0.05, 0) is 43.9 Å². The molecule has 0 aliphatic carbocycles. The van der Waals surface area contributed by atoms with E-state index in [1.54, 1.807) is 7.11 Å². The number of aryl methyl sites for hydroxylation is 1. The first-order chi connectivity index (χ1) is 12.1. The third-order valence-corrected chi connectivity index (χ3v) is 4.35. The van der Waals surface area contributed by atoms with E-state index >= 15 is 0 Å². The number of amides is 1. The highest BCUT2D eigenvalue weighted by atomic mass is 16.5. The van der Waals surface area contributed by atoms with E-state index in [0.29, 0.717) is 18.8 Å². The van der Waals surface area contributed by atoms with Crippen LogP contribution in [0.5, 0.6) is 5.75 Å². The zero-order valence-electron chi connectivity index (χ0n) is 14.8. The second-order valence-corrected chi connectivity index (χ2v) is 6.42. The second kappa shape index (κ2) is 8.16. The Morgan fingerprint density at radius 2 is 2.16 bits per heavy atom. The third-order valence-electron chi connectivity index (χ3n) is 4.35. The van der Waals surface area contributed by atoms with Crippen molar-refractivity contribution in [3.63, 3.8) is 0 Å². The van der Waals surface area contributed by atoms with Gasteiger partial charge in [0.05, 0.1) is 31.9 Å². The van der Waals surface area contributed by atoms with Crippen LogP contribution in [0.4, 0.5) is 5.82 Å². The smallest absolute Gasteiger partial charge is 0.228 e. The van der Waals surface area contributed by atoms with E-state index in [9.17, 15) is 4.79 Å². The Morgan fingerprint density at radius 3 is 2.84 bits per heavy atom. The van der Waals surface area contributed by atoms with Crippen LogP contribution in [0.15, 0.2) is 30.3 Å². The van der Waals surface area contributed by atoms with E-state index in [2.05, 4.69) is 10.4 Å². The predicted octanol–water partition coefficient (Wildman–Crippen LogP) is 3.15. The van der Waals surface area contributed by atoms with Crippen LogP contribution >= 0.6 is 0 Å². The van der Waals surface area contributed by atoms with Gasteiger partial charge in [0.2, 0.25) is 5.91 Å². The Morgan fingerprint density at radius 1 is 1.36 bits per heavy atom. The van der Waals surface area contributed by atoms with Crippen molar-refractivity contribution in [2.75, 3.05) is 19.0 Å². The molecule has 6 heteroatoms. The van der Waals surface area contributed by atoms with Gasteiger partial charge in [-0.3, -0.25) is 4.79 Å². The minimum absolute atomic E-state index is 0.0252. The van der Waals surface area contributed by atoms with Gasteiger partial charge < -0.3 is 14.8 Å². The molecule has 1 saturated heterocycles. The molecule has 1 fully saturated rings. The molecule has 1 aliphatic heterocycles. The highest BCUT2D eigenvalue weighted by Gasteiger charge is 2.19. The molecule has 0 bridgehead atoms. The Hall–Kier alpha value is -2.34. The van der Waals surface area contributed by atoms with Crippen molar-refractivity contribution < 1.29 is 14.3 Å². The molecule has 2 heterocycles. The number of ether oxygens (including phenoxy) is 2. The normalized spacial score (nSPS) is 17.3. The molecule has 1 atom stereocenters. The number of aromatic nitrogens is 2. The molecule has 0 spiro atoms. The van der Waals surface area contributed by atoms with Gasteiger partial charge in [0.1, 0.15) is 11.6 Å². The minimum Gasteiger partial charge on any atom is -0.497 e. The van der Waals surface area contributed by atoms with Gasteiger partial charge in [-0.1, -0.05) is 12.1 Å². The van der Waals surface area contributed by atoms with Crippen molar-refractivity contribution in [1.82, 2.24) is 9.78 Å². The Balaban J connectivity index is 1.64. The molecule has 0 saturated carbocycles. The largest absolute Gasteiger partial charge is 0.497 e. The predicted molar refractivity (Wildman–Crippen MR) is 95.9 cm³/mol. The summed E-state index contributed by atoms with van der Waals surface area (Å²) in [6.07, 6.45) is 3.61. The van der Waals surface area contributed by atoms with Gasteiger partial charge in [0.25, 0.3) is 0 Å². The molecule has 134 valence electrons. The molecular weight excluding hydrogens is 318 g/mol. The van der Waals surface area contributed by atoms with Crippen molar-refractivity contribution in [2.45, 2.75) is 45.3 Å². The maximum atomic E-state index is 12.3. The second-order valence-electron chi connectivity index (χ2n) is 6.42. The van der Waals surface area contributed by atoms with E-state index in [1.165, 1.54) is 0 Å². The van der Waals surface area contributed by atoms with Crippen LogP contribution in [-0.4, -0.2) is 35.5 Å². The van der Waals surface area contributed by atoms with Gasteiger partial charge in [-0.15, -0.1) is 0 Å². The third kappa shape index (κ3) is 4.82. The Kier molecular flexibility index (Phi) is 5.71. The lowest BCUT2D eigenvalue weighted by molar-refractivity contribution is -0.119. The zero-order valence-corrected chi connectivity index (χ0v) is 14.8. The van der Waals surface area contributed by atoms with Crippen molar-refractivity contribution >= 4 is 11.7 Å². The molecule has 0 radical (unpaired) electrons. The minimum atomic E-state index is -0.0252. The van der Waals surface area contributed by atoms with Gasteiger partial charge in [-0.2, -0.15) is 5.10 Å². The van der Waals surface area contributed by atoms with Crippen LogP contribution < -0.4 is 10.1 Å². The molecule has 1 amide bonds. The van der Waals surface area contributed by atoms with Crippen LogP contribution in [0.2, 0.25) is 0 Å². The quantitative estimate of drug-likeness (QED) is 0.875. The monoisotopic (exact) mass is 343 g/mol. The molecule has 6 nitrogen and oxygen atoms in total. The average Bonchev–Trinajstić information content (AvgIpc) is 2.95. The SMILES string of the molecule is COc1ccc(Cn2nc(C)cc2NC(=O)CC2CCCCO2)cc1. The summed E-state index contributed by atoms with van der Waals surface area (Å²) in [5, 5.41) is 7.47. The first-order valence-electron chi connectivity index (χ1n) is 8.73. The number of carbonyl (C=O) groups excluding carboxylic acids is 1.